The molecule has 0 unspecified atom stereocenters. The number of hydrogen-bond acceptors (Lipinski definition) is 5. The maximum atomic E-state index is 12.8. The van der Waals surface area contributed by atoms with E-state index in [0.29, 0.717) is 29.8 Å². The molecule has 0 atom stereocenters. The van der Waals surface area contributed by atoms with Crippen molar-refractivity contribution in [3.63, 3.8) is 0 Å². The van der Waals surface area contributed by atoms with Crippen LogP contribution in [-0.4, -0.2) is 51.9 Å². The van der Waals surface area contributed by atoms with Crippen LogP contribution in [0.15, 0.2) is 61.1 Å². The summed E-state index contributed by atoms with van der Waals surface area (Å²) in [7, 11) is 0. The number of pyridine rings is 1. The van der Waals surface area contributed by atoms with Crippen molar-refractivity contribution in [1.82, 2.24) is 19.9 Å². The van der Waals surface area contributed by atoms with E-state index in [-0.39, 0.29) is 5.91 Å². The molecule has 0 radical (unpaired) electrons. The molecule has 1 aromatic carbocycles. The van der Waals surface area contributed by atoms with Gasteiger partial charge in [0.05, 0.1) is 0 Å². The van der Waals surface area contributed by atoms with Gasteiger partial charge in [0.25, 0.3) is 5.91 Å². The molecule has 3 aromatic rings. The van der Waals surface area contributed by atoms with Crippen molar-refractivity contribution in [2.45, 2.75) is 0 Å². The second-order valence-corrected chi connectivity index (χ2v) is 6.66. The fraction of sp³-hybridized carbons (Fsp3) is 0.200. The summed E-state index contributed by atoms with van der Waals surface area (Å²) >= 11 is 5.95. The monoisotopic (exact) mass is 379 g/mol. The molecule has 6 nitrogen and oxygen atoms in total. The third-order valence-electron chi connectivity index (χ3n) is 4.59. The van der Waals surface area contributed by atoms with Gasteiger partial charge >= 0.3 is 0 Å². The van der Waals surface area contributed by atoms with Crippen molar-refractivity contribution in [1.29, 1.82) is 0 Å². The highest BCUT2D eigenvalue weighted by Crippen LogP contribution is 2.22. The van der Waals surface area contributed by atoms with Crippen LogP contribution in [-0.2, 0) is 0 Å². The molecule has 4 rings (SSSR count). The lowest BCUT2D eigenvalue weighted by Crippen LogP contribution is -2.49. The highest BCUT2D eigenvalue weighted by Gasteiger charge is 2.23. The third kappa shape index (κ3) is 3.90. The number of anilines is 1. The molecule has 1 saturated heterocycles. The molecule has 0 bridgehead atoms. The van der Waals surface area contributed by atoms with Gasteiger partial charge in [-0.15, -0.1) is 0 Å². The van der Waals surface area contributed by atoms with Crippen LogP contribution in [0.2, 0.25) is 5.15 Å². The Morgan fingerprint density at radius 1 is 0.852 bits per heavy atom. The Hall–Kier alpha value is -2.99. The summed E-state index contributed by atoms with van der Waals surface area (Å²) in [4.78, 5) is 29.3. The van der Waals surface area contributed by atoms with Crippen molar-refractivity contribution in [3.8, 4) is 11.1 Å². The van der Waals surface area contributed by atoms with Gasteiger partial charge < -0.3 is 9.80 Å². The van der Waals surface area contributed by atoms with Gasteiger partial charge in [-0.25, -0.2) is 15.0 Å². The van der Waals surface area contributed by atoms with Crippen LogP contribution in [0.1, 0.15) is 10.4 Å². The van der Waals surface area contributed by atoms with Crippen LogP contribution in [0, 0.1) is 0 Å². The number of benzene rings is 1. The van der Waals surface area contributed by atoms with Crippen LogP contribution in [0.25, 0.3) is 11.1 Å². The SMILES string of the molecule is O=C(c1ccc(-c2ccnc(Cl)c2)cc1)N1CCN(c2ncccn2)CC1. The Morgan fingerprint density at radius 2 is 1.56 bits per heavy atom. The molecule has 0 N–H and O–H groups in total. The van der Waals surface area contributed by atoms with Gasteiger partial charge in [0, 0.05) is 50.3 Å². The van der Waals surface area contributed by atoms with Crippen LogP contribution < -0.4 is 4.90 Å². The second-order valence-electron chi connectivity index (χ2n) is 6.27. The zero-order valence-electron chi connectivity index (χ0n) is 14.6. The quantitative estimate of drug-likeness (QED) is 0.654. The molecule has 0 aliphatic carbocycles. The number of nitrogens with zero attached hydrogens (tertiary/aromatic N) is 5. The molecular weight excluding hydrogens is 362 g/mol. The van der Waals surface area contributed by atoms with Gasteiger partial charge in [-0.2, -0.15) is 0 Å². The summed E-state index contributed by atoms with van der Waals surface area (Å²) in [5, 5.41) is 0.452. The van der Waals surface area contributed by atoms with E-state index in [1.165, 1.54) is 0 Å². The molecule has 7 heteroatoms. The molecule has 0 saturated carbocycles. The molecular formula is C20H18ClN5O. The van der Waals surface area contributed by atoms with E-state index in [4.69, 9.17) is 11.6 Å². The number of amides is 1. The fourth-order valence-corrected chi connectivity index (χ4v) is 3.31. The van der Waals surface area contributed by atoms with Gasteiger partial charge in [0.1, 0.15) is 5.15 Å². The number of carbonyl (C=O) groups is 1. The van der Waals surface area contributed by atoms with Crippen molar-refractivity contribution in [3.05, 3.63) is 71.8 Å². The minimum Gasteiger partial charge on any atom is -0.337 e. The summed E-state index contributed by atoms with van der Waals surface area (Å²) in [5.41, 5.74) is 2.66. The predicted octanol–water partition coefficient (Wildman–Crippen LogP) is 3.15. The van der Waals surface area contributed by atoms with Gasteiger partial charge in [0.15, 0.2) is 0 Å². The summed E-state index contributed by atoms with van der Waals surface area (Å²) in [5.74, 6) is 0.757. The molecule has 136 valence electrons. The Bertz CT molecular complexity index is 925. The molecule has 27 heavy (non-hydrogen) atoms. The smallest absolute Gasteiger partial charge is 0.253 e. The summed E-state index contributed by atoms with van der Waals surface area (Å²) in [6, 6.07) is 13.1. The average molecular weight is 380 g/mol. The lowest BCUT2D eigenvalue weighted by Gasteiger charge is -2.34. The van der Waals surface area contributed by atoms with E-state index in [0.717, 1.165) is 24.2 Å². The van der Waals surface area contributed by atoms with Crippen LogP contribution >= 0.6 is 11.6 Å². The average Bonchev–Trinajstić information content (AvgIpc) is 2.74. The van der Waals surface area contributed by atoms with Crippen LogP contribution in [0.3, 0.4) is 0 Å². The van der Waals surface area contributed by atoms with Crippen LogP contribution in [0.4, 0.5) is 5.95 Å². The molecule has 1 aliphatic rings. The van der Waals surface area contributed by atoms with E-state index in [1.807, 2.05) is 41.3 Å². The molecule has 1 amide bonds. The Labute approximate surface area is 162 Å². The van der Waals surface area contributed by atoms with Gasteiger partial charge in [-0.3, -0.25) is 4.79 Å². The number of rotatable bonds is 3. The van der Waals surface area contributed by atoms with Crippen molar-refractivity contribution < 1.29 is 4.79 Å². The number of halogens is 1. The minimum absolute atomic E-state index is 0.0444. The Morgan fingerprint density at radius 3 is 2.22 bits per heavy atom. The van der Waals surface area contributed by atoms with Gasteiger partial charge in [-0.05, 0) is 41.5 Å². The molecule has 2 aromatic heterocycles. The largest absolute Gasteiger partial charge is 0.337 e. The molecule has 1 fully saturated rings. The molecule has 0 spiro atoms. The third-order valence-corrected chi connectivity index (χ3v) is 4.80. The summed E-state index contributed by atoms with van der Waals surface area (Å²) < 4.78 is 0. The van der Waals surface area contributed by atoms with Gasteiger partial charge in [-0.1, -0.05) is 23.7 Å². The first-order chi connectivity index (χ1) is 13.2. The first kappa shape index (κ1) is 17.4. The second kappa shape index (κ2) is 7.72. The lowest BCUT2D eigenvalue weighted by molar-refractivity contribution is 0.0746. The summed E-state index contributed by atoms with van der Waals surface area (Å²) in [6.07, 6.45) is 5.14. The highest BCUT2D eigenvalue weighted by atomic mass is 35.5. The topological polar surface area (TPSA) is 62.2 Å². The maximum absolute atomic E-state index is 12.8. The van der Waals surface area contributed by atoms with Crippen molar-refractivity contribution in [2.24, 2.45) is 0 Å². The maximum Gasteiger partial charge on any atom is 0.253 e. The van der Waals surface area contributed by atoms with E-state index in [1.54, 1.807) is 24.7 Å². The first-order valence-corrected chi connectivity index (χ1v) is 9.12. The number of hydrogen-bond donors (Lipinski definition) is 0. The van der Waals surface area contributed by atoms with E-state index < -0.39 is 0 Å². The normalized spacial score (nSPS) is 14.3. The van der Waals surface area contributed by atoms with E-state index in [2.05, 4.69) is 19.9 Å². The molecule has 1 aliphatic heterocycles. The standard InChI is InChI=1S/C20H18ClN5O/c21-18-14-17(6-9-22-18)15-2-4-16(5-3-15)19(27)25-10-12-26(13-11-25)20-23-7-1-8-24-20/h1-9,14H,10-13H2. The van der Waals surface area contributed by atoms with Crippen molar-refractivity contribution >= 4 is 23.5 Å². The number of aromatic nitrogens is 3. The zero-order valence-corrected chi connectivity index (χ0v) is 15.4. The van der Waals surface area contributed by atoms with E-state index in [9.17, 15) is 4.79 Å². The van der Waals surface area contributed by atoms with Crippen molar-refractivity contribution in [2.75, 3.05) is 31.1 Å². The minimum atomic E-state index is 0.0444. The fourth-order valence-electron chi connectivity index (χ4n) is 3.13. The number of piperazine rings is 1. The highest BCUT2D eigenvalue weighted by molar-refractivity contribution is 6.29. The summed E-state index contributed by atoms with van der Waals surface area (Å²) in [6.45, 7) is 2.75. The van der Waals surface area contributed by atoms with E-state index >= 15 is 0 Å². The lowest BCUT2D eigenvalue weighted by atomic mass is 10.0. The van der Waals surface area contributed by atoms with Crippen LogP contribution in [0.5, 0.6) is 0 Å². The number of carbonyl (C=O) groups excluding carboxylic acids is 1. The van der Waals surface area contributed by atoms with Gasteiger partial charge in [0.2, 0.25) is 5.95 Å². The Balaban J connectivity index is 1.41. The Kier molecular flexibility index (Phi) is 4.98. The predicted molar refractivity (Wildman–Crippen MR) is 105 cm³/mol. The zero-order chi connectivity index (χ0) is 18.6. The first-order valence-electron chi connectivity index (χ1n) is 8.74. The molecule has 3 heterocycles.